The van der Waals surface area contributed by atoms with Gasteiger partial charge in [-0.05, 0) is 49.2 Å². The smallest absolute Gasteiger partial charge is 0.241 e. The third-order valence-corrected chi connectivity index (χ3v) is 3.77. The van der Waals surface area contributed by atoms with Gasteiger partial charge in [-0.25, -0.2) is 4.39 Å². The molecule has 6 heteroatoms. The number of nitrogens with one attached hydrogen (secondary N) is 2. The topological polar surface area (TPSA) is 50.4 Å². The number of rotatable bonds is 5. The normalized spacial score (nSPS) is 16.3. The molecule has 128 valence electrons. The first-order chi connectivity index (χ1) is 11.2. The van der Waals surface area contributed by atoms with Gasteiger partial charge in [0.1, 0.15) is 18.2 Å². The van der Waals surface area contributed by atoms with Gasteiger partial charge >= 0.3 is 0 Å². The summed E-state index contributed by atoms with van der Waals surface area (Å²) in [6.45, 7) is 1.16. The first-order valence-electron chi connectivity index (χ1n) is 7.72. The summed E-state index contributed by atoms with van der Waals surface area (Å²) in [5.74, 6) is 0.326. The van der Waals surface area contributed by atoms with Gasteiger partial charge in [0.25, 0.3) is 0 Å². The zero-order valence-corrected chi connectivity index (χ0v) is 13.9. The Morgan fingerprint density at radius 2 is 2.08 bits per heavy atom. The van der Waals surface area contributed by atoms with E-state index < -0.39 is 0 Å². The standard InChI is InChI=1S/C18H19FN2O2.ClH/c19-14-5-1-4-13(10-14)12-23-16-7-2-6-15(11-16)21-18(22)17-8-3-9-20-17;/h1-2,4-7,10-11,17,20H,3,8-9,12H2,(H,21,22);1H. The maximum absolute atomic E-state index is 13.1. The Morgan fingerprint density at radius 3 is 2.83 bits per heavy atom. The van der Waals surface area contributed by atoms with Crippen LogP contribution >= 0.6 is 12.4 Å². The molecule has 0 saturated carbocycles. The second-order valence-corrected chi connectivity index (χ2v) is 5.58. The molecule has 2 aromatic rings. The molecule has 0 aromatic heterocycles. The fourth-order valence-corrected chi connectivity index (χ4v) is 2.59. The van der Waals surface area contributed by atoms with Crippen molar-refractivity contribution < 1.29 is 13.9 Å². The van der Waals surface area contributed by atoms with Gasteiger partial charge in [-0.1, -0.05) is 18.2 Å². The van der Waals surface area contributed by atoms with E-state index in [0.717, 1.165) is 24.9 Å². The number of carbonyl (C=O) groups excluding carboxylic acids is 1. The Hall–Kier alpha value is -2.11. The maximum Gasteiger partial charge on any atom is 0.241 e. The van der Waals surface area contributed by atoms with Crippen LogP contribution in [-0.4, -0.2) is 18.5 Å². The molecule has 1 heterocycles. The van der Waals surface area contributed by atoms with Gasteiger partial charge in [-0.2, -0.15) is 0 Å². The lowest BCUT2D eigenvalue weighted by molar-refractivity contribution is -0.117. The lowest BCUT2D eigenvalue weighted by atomic mass is 10.2. The second-order valence-electron chi connectivity index (χ2n) is 5.58. The van der Waals surface area contributed by atoms with E-state index >= 15 is 0 Å². The molecule has 4 nitrogen and oxygen atoms in total. The van der Waals surface area contributed by atoms with Crippen molar-refractivity contribution in [3.8, 4) is 5.75 Å². The molecule has 1 amide bonds. The minimum absolute atomic E-state index is 0. The van der Waals surface area contributed by atoms with Crippen molar-refractivity contribution >= 4 is 24.0 Å². The number of ether oxygens (including phenoxy) is 1. The predicted octanol–water partition coefficient (Wildman–Crippen LogP) is 3.52. The minimum Gasteiger partial charge on any atom is -0.489 e. The zero-order valence-electron chi connectivity index (χ0n) is 13.1. The third kappa shape index (κ3) is 4.94. The van der Waals surface area contributed by atoms with Crippen molar-refractivity contribution in [3.05, 3.63) is 59.9 Å². The number of hydrogen-bond donors (Lipinski definition) is 2. The van der Waals surface area contributed by atoms with E-state index in [1.165, 1.54) is 12.1 Å². The molecule has 2 N–H and O–H groups in total. The van der Waals surface area contributed by atoms with Gasteiger partial charge in [0.05, 0.1) is 6.04 Å². The fraction of sp³-hybridized carbons (Fsp3) is 0.278. The lowest BCUT2D eigenvalue weighted by Gasteiger charge is -2.12. The monoisotopic (exact) mass is 350 g/mol. The highest BCUT2D eigenvalue weighted by molar-refractivity contribution is 5.95. The van der Waals surface area contributed by atoms with Crippen LogP contribution < -0.4 is 15.4 Å². The summed E-state index contributed by atoms with van der Waals surface area (Å²) in [6, 6.07) is 13.4. The molecule has 24 heavy (non-hydrogen) atoms. The van der Waals surface area contributed by atoms with Crippen molar-refractivity contribution in [3.63, 3.8) is 0 Å². The molecule has 3 rings (SSSR count). The van der Waals surface area contributed by atoms with Crippen molar-refractivity contribution in [2.24, 2.45) is 0 Å². The Morgan fingerprint density at radius 1 is 1.25 bits per heavy atom. The van der Waals surface area contributed by atoms with Crippen LogP contribution in [0.5, 0.6) is 5.75 Å². The first-order valence-corrected chi connectivity index (χ1v) is 7.72. The highest BCUT2D eigenvalue weighted by Gasteiger charge is 2.21. The molecule has 1 fully saturated rings. The largest absolute Gasteiger partial charge is 0.489 e. The molecule has 1 aliphatic heterocycles. The Labute approximate surface area is 146 Å². The van der Waals surface area contributed by atoms with Crippen molar-refractivity contribution in [1.82, 2.24) is 5.32 Å². The summed E-state index contributed by atoms with van der Waals surface area (Å²) in [6.07, 6.45) is 1.89. The number of anilines is 1. The van der Waals surface area contributed by atoms with Crippen LogP contribution in [-0.2, 0) is 11.4 Å². The molecule has 2 aromatic carbocycles. The maximum atomic E-state index is 13.1. The zero-order chi connectivity index (χ0) is 16.1. The Balaban J connectivity index is 0.00000208. The second kappa shape index (κ2) is 8.66. The van der Waals surface area contributed by atoms with Gasteiger partial charge in [0.2, 0.25) is 5.91 Å². The van der Waals surface area contributed by atoms with Gasteiger partial charge in [0, 0.05) is 11.8 Å². The highest BCUT2D eigenvalue weighted by Crippen LogP contribution is 2.19. The van der Waals surface area contributed by atoms with Gasteiger partial charge in [-0.3, -0.25) is 4.79 Å². The van der Waals surface area contributed by atoms with Gasteiger partial charge in [0.15, 0.2) is 0 Å². The average molecular weight is 351 g/mol. The molecule has 0 spiro atoms. The van der Waals surface area contributed by atoms with E-state index in [4.69, 9.17) is 4.74 Å². The van der Waals surface area contributed by atoms with E-state index in [2.05, 4.69) is 10.6 Å². The number of hydrogen-bond acceptors (Lipinski definition) is 3. The first kappa shape index (κ1) is 18.2. The van der Waals surface area contributed by atoms with Crippen LogP contribution in [0.2, 0.25) is 0 Å². The molecule has 0 bridgehead atoms. The summed E-state index contributed by atoms with van der Waals surface area (Å²) >= 11 is 0. The summed E-state index contributed by atoms with van der Waals surface area (Å²) in [7, 11) is 0. The van der Waals surface area contributed by atoms with Crippen molar-refractivity contribution in [2.45, 2.75) is 25.5 Å². The SMILES string of the molecule is Cl.O=C(Nc1cccc(OCc2cccc(F)c2)c1)C1CCCN1. The van der Waals surface area contributed by atoms with E-state index in [1.54, 1.807) is 18.2 Å². The minimum atomic E-state index is -0.281. The van der Waals surface area contributed by atoms with Gasteiger partial charge in [-0.15, -0.1) is 12.4 Å². The van der Waals surface area contributed by atoms with Crippen LogP contribution in [0.15, 0.2) is 48.5 Å². The molecule has 0 radical (unpaired) electrons. The molecule has 1 unspecified atom stereocenters. The van der Waals surface area contributed by atoms with Crippen molar-refractivity contribution in [1.29, 1.82) is 0 Å². The number of amides is 1. The van der Waals surface area contributed by atoms with Crippen LogP contribution in [0, 0.1) is 5.82 Å². The quantitative estimate of drug-likeness (QED) is 0.867. The summed E-state index contributed by atoms with van der Waals surface area (Å²) in [5, 5.41) is 6.05. The van der Waals surface area contributed by atoms with Gasteiger partial charge < -0.3 is 15.4 Å². The van der Waals surface area contributed by atoms with Crippen LogP contribution in [0.1, 0.15) is 18.4 Å². The average Bonchev–Trinajstić information content (AvgIpc) is 3.08. The number of carbonyl (C=O) groups is 1. The van der Waals surface area contributed by atoms with Crippen LogP contribution in [0.25, 0.3) is 0 Å². The van der Waals surface area contributed by atoms with E-state index in [1.807, 2.05) is 18.2 Å². The van der Waals surface area contributed by atoms with Crippen LogP contribution in [0.3, 0.4) is 0 Å². The highest BCUT2D eigenvalue weighted by atomic mass is 35.5. The molecule has 1 saturated heterocycles. The van der Waals surface area contributed by atoms with Crippen molar-refractivity contribution in [2.75, 3.05) is 11.9 Å². The van der Waals surface area contributed by atoms with E-state index in [9.17, 15) is 9.18 Å². The number of benzene rings is 2. The Kier molecular flexibility index (Phi) is 6.58. The molecule has 1 atom stereocenters. The molecule has 1 aliphatic rings. The fourth-order valence-electron chi connectivity index (χ4n) is 2.59. The summed E-state index contributed by atoms with van der Waals surface area (Å²) in [5.41, 5.74) is 1.45. The van der Waals surface area contributed by atoms with Crippen LogP contribution in [0.4, 0.5) is 10.1 Å². The number of halogens is 2. The summed E-state index contributed by atoms with van der Waals surface area (Å²) in [4.78, 5) is 12.1. The molecular formula is C18H20ClFN2O2. The summed E-state index contributed by atoms with van der Waals surface area (Å²) < 4.78 is 18.8. The Bertz CT molecular complexity index is 690. The predicted molar refractivity (Wildman–Crippen MR) is 94.1 cm³/mol. The third-order valence-electron chi connectivity index (χ3n) is 3.77. The lowest BCUT2D eigenvalue weighted by Crippen LogP contribution is -2.35. The van der Waals surface area contributed by atoms with E-state index in [-0.39, 0.29) is 36.8 Å². The molecule has 0 aliphatic carbocycles. The molecular weight excluding hydrogens is 331 g/mol. The van der Waals surface area contributed by atoms with E-state index in [0.29, 0.717) is 11.4 Å².